The number of fused-ring (bicyclic) bond motifs is 4. The summed E-state index contributed by atoms with van der Waals surface area (Å²) >= 11 is 0. The van der Waals surface area contributed by atoms with E-state index in [1.807, 2.05) is 94.4 Å². The van der Waals surface area contributed by atoms with Crippen LogP contribution in [0.15, 0.2) is 66.7 Å². The maximum atomic E-state index is 14.0. The van der Waals surface area contributed by atoms with E-state index >= 15 is 0 Å². The van der Waals surface area contributed by atoms with E-state index in [4.69, 9.17) is 9.47 Å². The predicted molar refractivity (Wildman–Crippen MR) is 143 cm³/mol. The minimum absolute atomic E-state index is 0.211. The summed E-state index contributed by atoms with van der Waals surface area (Å²) in [6.45, 7) is 8.60. The van der Waals surface area contributed by atoms with Gasteiger partial charge in [-0.25, -0.2) is 4.79 Å². The summed E-state index contributed by atoms with van der Waals surface area (Å²) in [5.74, 6) is 0.253. The normalized spacial score (nSPS) is 21.9. The predicted octanol–water partition coefficient (Wildman–Crippen LogP) is 5.37. The van der Waals surface area contributed by atoms with Crippen LogP contribution in [0.25, 0.3) is 0 Å². The van der Waals surface area contributed by atoms with Crippen molar-refractivity contribution >= 4 is 17.6 Å². The molecule has 7 heteroatoms. The second-order valence-electron chi connectivity index (χ2n) is 9.86. The maximum Gasteiger partial charge on any atom is 0.321 e. The molecule has 0 saturated carbocycles. The van der Waals surface area contributed by atoms with Crippen molar-refractivity contribution in [1.29, 1.82) is 0 Å². The Labute approximate surface area is 217 Å². The molecule has 0 aromatic heterocycles. The number of amides is 3. The van der Waals surface area contributed by atoms with Crippen molar-refractivity contribution in [3.05, 3.63) is 89.0 Å². The Hall–Kier alpha value is -4.00. The number of aryl methyl sites for hydroxylation is 2. The summed E-state index contributed by atoms with van der Waals surface area (Å²) in [5, 5.41) is 6.23. The van der Waals surface area contributed by atoms with Crippen molar-refractivity contribution in [3.63, 3.8) is 0 Å². The molecule has 2 aliphatic rings. The lowest BCUT2D eigenvalue weighted by atomic mass is 9.78. The monoisotopic (exact) mass is 499 g/mol. The highest BCUT2D eigenvalue weighted by Crippen LogP contribution is 2.51. The molecule has 2 bridgehead atoms. The zero-order valence-electron chi connectivity index (χ0n) is 21.7. The molecule has 3 atom stereocenters. The Morgan fingerprint density at radius 1 is 1.11 bits per heavy atom. The molecule has 0 aliphatic carbocycles. The van der Waals surface area contributed by atoms with Gasteiger partial charge in [-0.3, -0.25) is 9.69 Å². The smallest absolute Gasteiger partial charge is 0.321 e. The summed E-state index contributed by atoms with van der Waals surface area (Å²) in [7, 11) is 0. The van der Waals surface area contributed by atoms with Crippen molar-refractivity contribution < 1.29 is 19.1 Å². The molecule has 1 saturated heterocycles. The van der Waals surface area contributed by atoms with Gasteiger partial charge in [0.25, 0.3) is 0 Å². The number of nitrogens with one attached hydrogen (secondary N) is 2. The lowest BCUT2D eigenvalue weighted by molar-refractivity contribution is -0.154. The summed E-state index contributed by atoms with van der Waals surface area (Å²) in [6.07, 6.45) is 0.628. The van der Waals surface area contributed by atoms with E-state index in [0.29, 0.717) is 31.1 Å². The zero-order valence-corrected chi connectivity index (χ0v) is 21.7. The number of benzene rings is 3. The van der Waals surface area contributed by atoms with Crippen LogP contribution in [-0.2, 0) is 11.2 Å². The maximum absolute atomic E-state index is 14.0. The number of urea groups is 1. The fourth-order valence-electron chi connectivity index (χ4n) is 5.48. The molecule has 0 unspecified atom stereocenters. The van der Waals surface area contributed by atoms with E-state index in [0.717, 1.165) is 27.9 Å². The van der Waals surface area contributed by atoms with Gasteiger partial charge in [0.2, 0.25) is 5.91 Å². The molecule has 0 spiro atoms. The van der Waals surface area contributed by atoms with E-state index in [1.54, 1.807) is 4.90 Å². The molecule has 1 fully saturated rings. The summed E-state index contributed by atoms with van der Waals surface area (Å²) in [5.41, 5.74) is 3.45. The Bertz CT molecular complexity index is 1330. The SMILES string of the molecule is CCOc1cccc2c1O[C@]1(C)[C@H](C(=O)Nc3ccc(C)cc3C)[C@@H]2NC(=O)N1CCc1ccccc1. The van der Waals surface area contributed by atoms with Crippen LogP contribution in [-0.4, -0.2) is 35.7 Å². The van der Waals surface area contributed by atoms with Crippen LogP contribution in [0, 0.1) is 19.8 Å². The topological polar surface area (TPSA) is 79.9 Å². The summed E-state index contributed by atoms with van der Waals surface area (Å²) in [4.78, 5) is 29.1. The van der Waals surface area contributed by atoms with Gasteiger partial charge in [-0.1, -0.05) is 60.2 Å². The average Bonchev–Trinajstić information content (AvgIpc) is 2.86. The van der Waals surface area contributed by atoms with Gasteiger partial charge in [0.05, 0.1) is 12.6 Å². The van der Waals surface area contributed by atoms with Crippen LogP contribution in [0.1, 0.15) is 42.1 Å². The third kappa shape index (κ3) is 4.50. The van der Waals surface area contributed by atoms with Gasteiger partial charge in [0, 0.05) is 17.8 Å². The fraction of sp³-hybridized carbons (Fsp3) is 0.333. The van der Waals surface area contributed by atoms with Crippen LogP contribution in [0.4, 0.5) is 10.5 Å². The number of hydrogen-bond donors (Lipinski definition) is 2. The van der Waals surface area contributed by atoms with Gasteiger partial charge in [-0.05, 0) is 57.4 Å². The number of hydrogen-bond acceptors (Lipinski definition) is 4. The summed E-state index contributed by atoms with van der Waals surface area (Å²) < 4.78 is 12.5. The number of rotatable bonds is 7. The number of ether oxygens (including phenoxy) is 2. The molecule has 2 N–H and O–H groups in total. The standard InChI is InChI=1S/C30H33N3O4/c1-5-36-24-13-9-12-22-26-25(28(34)31-23-15-14-19(2)18-20(23)3)30(4,37-27(22)24)33(29(35)32-26)17-16-21-10-7-6-8-11-21/h6-15,18,25-26H,5,16-17H2,1-4H3,(H,31,34)(H,32,35)/t25-,26+,30+/m0/s1. The summed E-state index contributed by atoms with van der Waals surface area (Å²) in [6, 6.07) is 20.7. The number of carbonyl (C=O) groups excluding carboxylic acids is 2. The first-order valence-electron chi connectivity index (χ1n) is 12.8. The average molecular weight is 500 g/mol. The van der Waals surface area contributed by atoms with Gasteiger partial charge >= 0.3 is 6.03 Å². The van der Waals surface area contributed by atoms with Gasteiger partial charge < -0.3 is 20.1 Å². The van der Waals surface area contributed by atoms with E-state index in [-0.39, 0.29) is 11.9 Å². The molecule has 2 aliphatic heterocycles. The second kappa shape index (κ2) is 9.81. The molecule has 3 aromatic carbocycles. The van der Waals surface area contributed by atoms with Crippen LogP contribution in [0.2, 0.25) is 0 Å². The van der Waals surface area contributed by atoms with Gasteiger partial charge in [-0.2, -0.15) is 0 Å². The molecule has 192 valence electrons. The second-order valence-corrected chi connectivity index (χ2v) is 9.86. The minimum atomic E-state index is -1.23. The lowest BCUT2D eigenvalue weighted by Gasteiger charge is -2.54. The number of para-hydroxylation sites is 1. The molecule has 2 heterocycles. The Morgan fingerprint density at radius 2 is 1.89 bits per heavy atom. The lowest BCUT2D eigenvalue weighted by Crippen LogP contribution is -2.72. The van der Waals surface area contributed by atoms with Crippen molar-refractivity contribution in [1.82, 2.24) is 10.2 Å². The van der Waals surface area contributed by atoms with Crippen LogP contribution in [0.3, 0.4) is 0 Å². The largest absolute Gasteiger partial charge is 0.490 e. The minimum Gasteiger partial charge on any atom is -0.490 e. The number of carbonyl (C=O) groups is 2. The molecule has 3 aromatic rings. The zero-order chi connectivity index (χ0) is 26.2. The van der Waals surface area contributed by atoms with E-state index in [9.17, 15) is 9.59 Å². The molecule has 5 rings (SSSR count). The quantitative estimate of drug-likeness (QED) is 0.458. The molecule has 3 amide bonds. The molecule has 37 heavy (non-hydrogen) atoms. The van der Waals surface area contributed by atoms with E-state index < -0.39 is 17.7 Å². The third-order valence-electron chi connectivity index (χ3n) is 7.31. The molecule has 7 nitrogen and oxygen atoms in total. The number of nitrogens with zero attached hydrogens (tertiary/aromatic N) is 1. The van der Waals surface area contributed by atoms with Crippen molar-refractivity contribution in [2.75, 3.05) is 18.5 Å². The van der Waals surface area contributed by atoms with Gasteiger partial charge in [-0.15, -0.1) is 0 Å². The van der Waals surface area contributed by atoms with Crippen molar-refractivity contribution in [3.8, 4) is 11.5 Å². The van der Waals surface area contributed by atoms with Crippen LogP contribution >= 0.6 is 0 Å². The fourth-order valence-corrected chi connectivity index (χ4v) is 5.48. The highest BCUT2D eigenvalue weighted by atomic mass is 16.5. The highest BCUT2D eigenvalue weighted by molar-refractivity contribution is 5.96. The van der Waals surface area contributed by atoms with Crippen LogP contribution in [0.5, 0.6) is 11.5 Å². The Morgan fingerprint density at radius 3 is 2.62 bits per heavy atom. The first-order valence-corrected chi connectivity index (χ1v) is 12.8. The van der Waals surface area contributed by atoms with E-state index in [2.05, 4.69) is 10.6 Å². The van der Waals surface area contributed by atoms with E-state index in [1.165, 1.54) is 0 Å². The Balaban J connectivity index is 1.55. The van der Waals surface area contributed by atoms with Crippen molar-refractivity contribution in [2.45, 2.75) is 45.9 Å². The first-order chi connectivity index (χ1) is 17.8. The molecular weight excluding hydrogens is 466 g/mol. The van der Waals surface area contributed by atoms with Gasteiger partial charge in [0.1, 0.15) is 5.92 Å². The highest BCUT2D eigenvalue weighted by Gasteiger charge is 2.60. The Kier molecular flexibility index (Phi) is 6.54. The first kappa shape index (κ1) is 24.7. The third-order valence-corrected chi connectivity index (χ3v) is 7.31. The van der Waals surface area contributed by atoms with Crippen molar-refractivity contribution in [2.24, 2.45) is 5.92 Å². The van der Waals surface area contributed by atoms with Gasteiger partial charge in [0.15, 0.2) is 17.2 Å². The number of anilines is 1. The van der Waals surface area contributed by atoms with Crippen LogP contribution < -0.4 is 20.1 Å². The molecular formula is C30H33N3O4. The molecule has 0 radical (unpaired) electrons.